The average Bonchev–Trinajstić information content (AvgIpc) is 3.06. The number of halogens is 1. The number of nitrogens with zero attached hydrogens (tertiary/aromatic N) is 3. The average molecular weight is 370 g/mol. The van der Waals surface area contributed by atoms with Gasteiger partial charge in [-0.05, 0) is 42.7 Å². The largest absolute Gasteiger partial charge is 0.353 e. The highest BCUT2D eigenvalue weighted by Gasteiger charge is 2.23. The van der Waals surface area contributed by atoms with E-state index in [9.17, 15) is 9.18 Å². The van der Waals surface area contributed by atoms with Gasteiger partial charge in [-0.1, -0.05) is 23.5 Å². The number of aromatic nitrogens is 2. The zero-order valence-corrected chi connectivity index (χ0v) is 15.0. The summed E-state index contributed by atoms with van der Waals surface area (Å²) in [6.45, 7) is 1.70. The van der Waals surface area contributed by atoms with Crippen molar-refractivity contribution in [2.45, 2.75) is 25.3 Å². The van der Waals surface area contributed by atoms with Crippen molar-refractivity contribution in [3.8, 4) is 0 Å². The second-order valence-corrected chi connectivity index (χ2v) is 7.42. The van der Waals surface area contributed by atoms with Crippen LogP contribution in [0.3, 0.4) is 0 Å². The Morgan fingerprint density at radius 1 is 1.27 bits per heavy atom. The van der Waals surface area contributed by atoms with Crippen LogP contribution >= 0.6 is 11.3 Å². The summed E-state index contributed by atoms with van der Waals surface area (Å²) >= 11 is 1.60. The third-order valence-electron chi connectivity index (χ3n) is 4.54. The van der Waals surface area contributed by atoms with E-state index in [2.05, 4.69) is 20.2 Å². The quantitative estimate of drug-likeness (QED) is 0.766. The molecular weight excluding hydrogens is 351 g/mol. The lowest BCUT2D eigenvalue weighted by Gasteiger charge is -2.32. The van der Waals surface area contributed by atoms with Gasteiger partial charge in [0.15, 0.2) is 5.13 Å². The first-order valence-electron chi connectivity index (χ1n) is 8.68. The number of carbonyl (C=O) groups excluding carboxylic acids is 1. The van der Waals surface area contributed by atoms with Crippen LogP contribution in [0, 0.1) is 5.82 Å². The summed E-state index contributed by atoms with van der Waals surface area (Å²) in [5, 5.41) is 4.06. The van der Waals surface area contributed by atoms with Crippen LogP contribution in [-0.2, 0) is 11.2 Å². The van der Waals surface area contributed by atoms with E-state index in [-0.39, 0.29) is 24.2 Å². The first-order valence-corrected chi connectivity index (χ1v) is 9.49. The fourth-order valence-electron chi connectivity index (χ4n) is 3.22. The number of pyridine rings is 1. The van der Waals surface area contributed by atoms with Gasteiger partial charge in [-0.2, -0.15) is 0 Å². The molecule has 0 atom stereocenters. The molecule has 0 saturated carbocycles. The number of benzene rings is 1. The maximum atomic E-state index is 13.2. The van der Waals surface area contributed by atoms with Crippen molar-refractivity contribution in [3.05, 3.63) is 54.0 Å². The SMILES string of the molecule is O=C(Cc1cccc(F)c1)NC1CCN(c2nc3cccnc3s2)CC1. The summed E-state index contributed by atoms with van der Waals surface area (Å²) in [6.07, 6.45) is 3.74. The Kier molecular flexibility index (Phi) is 4.79. The molecule has 1 aliphatic rings. The molecule has 4 rings (SSSR count). The molecule has 0 spiro atoms. The third-order valence-corrected chi connectivity index (χ3v) is 5.58. The molecule has 3 heterocycles. The minimum atomic E-state index is -0.311. The first-order chi connectivity index (χ1) is 12.7. The summed E-state index contributed by atoms with van der Waals surface area (Å²) in [6, 6.07) is 10.2. The van der Waals surface area contributed by atoms with Crippen molar-refractivity contribution in [3.63, 3.8) is 0 Å². The zero-order valence-electron chi connectivity index (χ0n) is 14.2. The Morgan fingerprint density at radius 3 is 2.88 bits per heavy atom. The smallest absolute Gasteiger partial charge is 0.224 e. The molecule has 1 fully saturated rings. The van der Waals surface area contributed by atoms with Crippen LogP contribution in [0.4, 0.5) is 9.52 Å². The summed E-state index contributed by atoms with van der Waals surface area (Å²) in [5.41, 5.74) is 1.62. The van der Waals surface area contributed by atoms with Gasteiger partial charge in [0.1, 0.15) is 16.2 Å². The number of carbonyl (C=O) groups is 1. The molecule has 0 radical (unpaired) electrons. The van der Waals surface area contributed by atoms with Crippen LogP contribution in [0.1, 0.15) is 18.4 Å². The Morgan fingerprint density at radius 2 is 2.12 bits per heavy atom. The topological polar surface area (TPSA) is 58.1 Å². The number of anilines is 1. The van der Waals surface area contributed by atoms with Gasteiger partial charge in [-0.25, -0.2) is 14.4 Å². The number of hydrogen-bond donors (Lipinski definition) is 1. The second-order valence-electron chi connectivity index (χ2n) is 6.46. The van der Waals surface area contributed by atoms with E-state index in [0.717, 1.165) is 41.4 Å². The van der Waals surface area contributed by atoms with Gasteiger partial charge < -0.3 is 10.2 Å². The minimum absolute atomic E-state index is 0.0572. The molecule has 7 heteroatoms. The Bertz CT molecular complexity index is 888. The van der Waals surface area contributed by atoms with Gasteiger partial charge in [0.2, 0.25) is 5.91 Å². The summed E-state index contributed by atoms with van der Waals surface area (Å²) in [4.78, 5) is 24.4. The molecular formula is C19H19FN4OS. The Hall–Kier alpha value is -2.54. The highest BCUT2D eigenvalue weighted by molar-refractivity contribution is 7.21. The van der Waals surface area contributed by atoms with Gasteiger partial charge >= 0.3 is 0 Å². The molecule has 3 aromatic rings. The van der Waals surface area contributed by atoms with Crippen molar-refractivity contribution in [2.75, 3.05) is 18.0 Å². The first kappa shape index (κ1) is 16.9. The van der Waals surface area contributed by atoms with Crippen molar-refractivity contribution < 1.29 is 9.18 Å². The van der Waals surface area contributed by atoms with Gasteiger partial charge in [0, 0.05) is 25.3 Å². The molecule has 134 valence electrons. The van der Waals surface area contributed by atoms with E-state index in [4.69, 9.17) is 0 Å². The molecule has 0 unspecified atom stereocenters. The molecule has 1 N–H and O–H groups in total. The minimum Gasteiger partial charge on any atom is -0.353 e. The fraction of sp³-hybridized carbons (Fsp3) is 0.316. The van der Waals surface area contributed by atoms with Crippen LogP contribution < -0.4 is 10.2 Å². The lowest BCUT2D eigenvalue weighted by atomic mass is 10.0. The number of piperidine rings is 1. The molecule has 5 nitrogen and oxygen atoms in total. The lowest BCUT2D eigenvalue weighted by molar-refractivity contribution is -0.121. The van der Waals surface area contributed by atoms with Crippen molar-refractivity contribution in [1.82, 2.24) is 15.3 Å². The normalized spacial score (nSPS) is 15.3. The van der Waals surface area contributed by atoms with Gasteiger partial charge in [0.05, 0.1) is 6.42 Å². The van der Waals surface area contributed by atoms with E-state index < -0.39 is 0 Å². The molecule has 1 aliphatic heterocycles. The fourth-order valence-corrected chi connectivity index (χ4v) is 4.18. The molecule has 0 bridgehead atoms. The maximum absolute atomic E-state index is 13.2. The monoisotopic (exact) mass is 370 g/mol. The molecule has 1 amide bonds. The highest BCUT2D eigenvalue weighted by Crippen LogP contribution is 2.29. The predicted molar refractivity (Wildman–Crippen MR) is 101 cm³/mol. The van der Waals surface area contributed by atoms with Crippen LogP contribution in [0.15, 0.2) is 42.6 Å². The number of thiazole rings is 1. The van der Waals surface area contributed by atoms with Gasteiger partial charge in [-0.15, -0.1) is 0 Å². The van der Waals surface area contributed by atoms with Crippen LogP contribution in [0.25, 0.3) is 10.3 Å². The maximum Gasteiger partial charge on any atom is 0.224 e. The molecule has 2 aromatic heterocycles. The van der Waals surface area contributed by atoms with Gasteiger partial charge in [0.25, 0.3) is 0 Å². The molecule has 26 heavy (non-hydrogen) atoms. The van der Waals surface area contributed by atoms with Crippen LogP contribution in [0.2, 0.25) is 0 Å². The molecule has 1 aromatic carbocycles. The third kappa shape index (κ3) is 3.83. The summed E-state index contributed by atoms with van der Waals surface area (Å²) < 4.78 is 13.2. The number of amides is 1. The Labute approximate surface area is 154 Å². The standard InChI is InChI=1S/C19H19FN4OS/c20-14-4-1-3-13(11-14)12-17(25)22-15-6-9-24(10-7-15)19-23-16-5-2-8-21-18(16)26-19/h1-5,8,11,15H,6-7,9-10,12H2,(H,22,25). The Balaban J connectivity index is 1.31. The summed E-state index contributed by atoms with van der Waals surface area (Å²) in [5.74, 6) is -0.368. The zero-order chi connectivity index (χ0) is 17.9. The number of nitrogens with one attached hydrogen (secondary N) is 1. The highest BCUT2D eigenvalue weighted by atomic mass is 32.1. The van der Waals surface area contributed by atoms with Crippen molar-refractivity contribution >= 4 is 32.7 Å². The van der Waals surface area contributed by atoms with E-state index in [1.165, 1.54) is 12.1 Å². The summed E-state index contributed by atoms with van der Waals surface area (Å²) in [7, 11) is 0. The van der Waals surface area contributed by atoms with E-state index >= 15 is 0 Å². The van der Waals surface area contributed by atoms with E-state index in [0.29, 0.717) is 5.56 Å². The van der Waals surface area contributed by atoms with E-state index in [1.807, 2.05) is 12.1 Å². The van der Waals surface area contributed by atoms with E-state index in [1.54, 1.807) is 29.7 Å². The van der Waals surface area contributed by atoms with Gasteiger partial charge in [-0.3, -0.25) is 4.79 Å². The molecule has 0 aliphatic carbocycles. The lowest BCUT2D eigenvalue weighted by Crippen LogP contribution is -2.45. The van der Waals surface area contributed by atoms with Crippen molar-refractivity contribution in [2.24, 2.45) is 0 Å². The molecule has 1 saturated heterocycles. The number of hydrogen-bond acceptors (Lipinski definition) is 5. The van der Waals surface area contributed by atoms with Crippen LogP contribution in [-0.4, -0.2) is 35.0 Å². The van der Waals surface area contributed by atoms with Crippen molar-refractivity contribution in [1.29, 1.82) is 0 Å². The second kappa shape index (κ2) is 7.37. The predicted octanol–water partition coefficient (Wildman–Crippen LogP) is 3.16. The van der Waals surface area contributed by atoms with Crippen LogP contribution in [0.5, 0.6) is 0 Å². The number of rotatable bonds is 4. The number of fused-ring (bicyclic) bond motifs is 1.